The van der Waals surface area contributed by atoms with Crippen LogP contribution in [0.4, 0.5) is 0 Å². The maximum Gasteiger partial charge on any atom is 0.0421 e. The van der Waals surface area contributed by atoms with E-state index in [1.54, 1.807) is 0 Å². The van der Waals surface area contributed by atoms with Crippen LogP contribution in [0, 0.1) is 0 Å². The zero-order valence-electron chi connectivity index (χ0n) is 10.1. The summed E-state index contributed by atoms with van der Waals surface area (Å²) in [6.45, 7) is 3.11. The topological polar surface area (TPSA) is 38.0 Å². The molecule has 1 fully saturated rings. The molecule has 1 aromatic rings. The number of nitrogens with one attached hydrogen (secondary N) is 1. The van der Waals surface area contributed by atoms with Crippen LogP contribution in [0.1, 0.15) is 43.4 Å². The molecule has 2 rings (SSSR count). The van der Waals surface area contributed by atoms with Crippen LogP contribution in [0.5, 0.6) is 0 Å². The van der Waals surface area contributed by atoms with Gasteiger partial charge in [-0.2, -0.15) is 0 Å². The molecule has 1 atom stereocenters. The second-order valence-corrected chi connectivity index (χ2v) is 4.78. The molecule has 1 unspecified atom stereocenters. The lowest BCUT2D eigenvalue weighted by atomic mass is 10.0. The molecule has 0 aromatic heterocycles. The van der Waals surface area contributed by atoms with Crippen LogP contribution in [-0.4, -0.2) is 12.6 Å². The number of hydrogen-bond acceptors (Lipinski definition) is 2. The van der Waals surface area contributed by atoms with E-state index in [1.807, 2.05) is 0 Å². The lowest BCUT2D eigenvalue weighted by Gasteiger charge is -2.13. The van der Waals surface area contributed by atoms with Gasteiger partial charge in [-0.15, -0.1) is 0 Å². The van der Waals surface area contributed by atoms with Gasteiger partial charge in [-0.25, -0.2) is 0 Å². The van der Waals surface area contributed by atoms with Crippen molar-refractivity contribution >= 4 is 0 Å². The van der Waals surface area contributed by atoms with Crippen molar-refractivity contribution in [2.45, 2.75) is 44.7 Å². The first-order chi connectivity index (χ1) is 7.79. The predicted octanol–water partition coefficient (Wildman–Crippen LogP) is 2.39. The van der Waals surface area contributed by atoms with E-state index < -0.39 is 0 Å². The van der Waals surface area contributed by atoms with Crippen LogP contribution in [0.2, 0.25) is 0 Å². The third-order valence-electron chi connectivity index (χ3n) is 3.15. The van der Waals surface area contributed by atoms with E-state index >= 15 is 0 Å². The fourth-order valence-electron chi connectivity index (χ4n) is 1.92. The molecule has 0 radical (unpaired) electrons. The summed E-state index contributed by atoms with van der Waals surface area (Å²) < 4.78 is 0. The van der Waals surface area contributed by atoms with Crippen LogP contribution in [0.3, 0.4) is 0 Å². The van der Waals surface area contributed by atoms with E-state index in [-0.39, 0.29) is 6.04 Å². The van der Waals surface area contributed by atoms with Crippen LogP contribution >= 0.6 is 0 Å². The van der Waals surface area contributed by atoms with Gasteiger partial charge >= 0.3 is 0 Å². The molecular weight excluding hydrogens is 196 g/mol. The van der Waals surface area contributed by atoms with Crippen LogP contribution in [0.15, 0.2) is 24.3 Å². The maximum atomic E-state index is 6.13. The van der Waals surface area contributed by atoms with Gasteiger partial charge in [0.15, 0.2) is 0 Å². The first-order valence-corrected chi connectivity index (χ1v) is 6.37. The number of hydrogen-bond donors (Lipinski definition) is 2. The largest absolute Gasteiger partial charge is 0.323 e. The standard InChI is InChI=1S/C14H22N2/c1-2-3-11-4-6-12(7-5-11)14(15)10-16-13-8-9-13/h4-7,13-14,16H,2-3,8-10,15H2,1H3. The molecule has 88 valence electrons. The minimum absolute atomic E-state index is 0.135. The van der Waals surface area contributed by atoms with Crippen molar-refractivity contribution in [3.05, 3.63) is 35.4 Å². The van der Waals surface area contributed by atoms with Crippen molar-refractivity contribution in [1.29, 1.82) is 0 Å². The number of benzene rings is 1. The number of rotatable bonds is 6. The summed E-state index contributed by atoms with van der Waals surface area (Å²) in [5.74, 6) is 0. The van der Waals surface area contributed by atoms with Crippen molar-refractivity contribution < 1.29 is 0 Å². The first-order valence-electron chi connectivity index (χ1n) is 6.37. The van der Waals surface area contributed by atoms with Gasteiger partial charge in [0.25, 0.3) is 0 Å². The summed E-state index contributed by atoms with van der Waals surface area (Å²) in [5.41, 5.74) is 8.79. The van der Waals surface area contributed by atoms with Crippen molar-refractivity contribution in [3.63, 3.8) is 0 Å². The van der Waals surface area contributed by atoms with Crippen LogP contribution < -0.4 is 11.1 Å². The van der Waals surface area contributed by atoms with Crippen LogP contribution in [0.25, 0.3) is 0 Å². The van der Waals surface area contributed by atoms with Crippen molar-refractivity contribution in [2.75, 3.05) is 6.54 Å². The summed E-state index contributed by atoms with van der Waals surface area (Å²) in [7, 11) is 0. The fraction of sp³-hybridized carbons (Fsp3) is 0.571. The third-order valence-corrected chi connectivity index (χ3v) is 3.15. The van der Waals surface area contributed by atoms with E-state index in [0.29, 0.717) is 0 Å². The molecule has 0 saturated heterocycles. The second-order valence-electron chi connectivity index (χ2n) is 4.78. The molecule has 3 N–H and O–H groups in total. The highest BCUT2D eigenvalue weighted by molar-refractivity contribution is 5.25. The maximum absolute atomic E-state index is 6.13. The normalized spacial score (nSPS) is 17.4. The summed E-state index contributed by atoms with van der Waals surface area (Å²) >= 11 is 0. The van der Waals surface area contributed by atoms with Crippen molar-refractivity contribution in [2.24, 2.45) is 5.73 Å². The Kier molecular flexibility index (Phi) is 3.97. The molecule has 2 nitrogen and oxygen atoms in total. The Morgan fingerprint density at radius 3 is 2.56 bits per heavy atom. The summed E-state index contributed by atoms with van der Waals surface area (Å²) in [6.07, 6.45) is 5.01. The lowest BCUT2D eigenvalue weighted by Crippen LogP contribution is -2.28. The van der Waals surface area contributed by atoms with E-state index in [9.17, 15) is 0 Å². The van der Waals surface area contributed by atoms with Gasteiger partial charge in [-0.05, 0) is 30.4 Å². The highest BCUT2D eigenvalue weighted by atomic mass is 15.0. The Morgan fingerprint density at radius 1 is 1.31 bits per heavy atom. The summed E-state index contributed by atoms with van der Waals surface area (Å²) in [6, 6.07) is 9.63. The van der Waals surface area contributed by atoms with E-state index in [1.165, 1.54) is 30.4 Å². The minimum Gasteiger partial charge on any atom is -0.323 e. The molecule has 1 aliphatic rings. The average Bonchev–Trinajstić information content (AvgIpc) is 3.11. The van der Waals surface area contributed by atoms with Crippen molar-refractivity contribution in [3.8, 4) is 0 Å². The molecule has 0 aliphatic heterocycles. The van der Waals surface area contributed by atoms with Gasteiger partial charge in [0.1, 0.15) is 0 Å². The lowest BCUT2D eigenvalue weighted by molar-refractivity contribution is 0.595. The molecule has 1 aliphatic carbocycles. The number of nitrogens with two attached hydrogens (primary N) is 1. The van der Waals surface area contributed by atoms with Crippen LogP contribution in [-0.2, 0) is 6.42 Å². The van der Waals surface area contributed by atoms with E-state index in [0.717, 1.165) is 19.0 Å². The monoisotopic (exact) mass is 218 g/mol. The molecule has 0 bridgehead atoms. The zero-order valence-corrected chi connectivity index (χ0v) is 10.1. The zero-order chi connectivity index (χ0) is 11.4. The van der Waals surface area contributed by atoms with Gasteiger partial charge in [-0.3, -0.25) is 0 Å². The molecule has 2 heteroatoms. The Morgan fingerprint density at radius 2 is 2.00 bits per heavy atom. The first kappa shape index (κ1) is 11.6. The molecule has 16 heavy (non-hydrogen) atoms. The van der Waals surface area contributed by atoms with Gasteiger partial charge < -0.3 is 11.1 Å². The highest BCUT2D eigenvalue weighted by Crippen LogP contribution is 2.20. The summed E-state index contributed by atoms with van der Waals surface area (Å²) in [5, 5.41) is 3.47. The van der Waals surface area contributed by atoms with Gasteiger partial charge in [0.05, 0.1) is 0 Å². The Bertz CT molecular complexity index is 314. The van der Waals surface area contributed by atoms with Gasteiger partial charge in [-0.1, -0.05) is 37.6 Å². The Balaban J connectivity index is 1.86. The Labute approximate surface area is 98.2 Å². The molecule has 0 amide bonds. The molecule has 1 saturated carbocycles. The molecule has 0 spiro atoms. The highest BCUT2D eigenvalue weighted by Gasteiger charge is 2.21. The quantitative estimate of drug-likeness (QED) is 0.769. The number of aryl methyl sites for hydroxylation is 1. The molecule has 1 aromatic carbocycles. The smallest absolute Gasteiger partial charge is 0.0421 e. The average molecular weight is 218 g/mol. The SMILES string of the molecule is CCCc1ccc(C(N)CNC2CC2)cc1. The van der Waals surface area contributed by atoms with E-state index in [4.69, 9.17) is 5.73 Å². The minimum atomic E-state index is 0.135. The van der Waals surface area contributed by atoms with Gasteiger partial charge in [0.2, 0.25) is 0 Å². The molecule has 0 heterocycles. The third kappa shape index (κ3) is 3.32. The predicted molar refractivity (Wildman–Crippen MR) is 68.4 cm³/mol. The molecular formula is C14H22N2. The fourth-order valence-corrected chi connectivity index (χ4v) is 1.92. The second kappa shape index (κ2) is 5.46. The van der Waals surface area contributed by atoms with Gasteiger partial charge in [0, 0.05) is 18.6 Å². The van der Waals surface area contributed by atoms with E-state index in [2.05, 4.69) is 36.5 Å². The van der Waals surface area contributed by atoms with Crippen molar-refractivity contribution in [1.82, 2.24) is 5.32 Å². The Hall–Kier alpha value is -0.860. The summed E-state index contributed by atoms with van der Waals surface area (Å²) in [4.78, 5) is 0.